The molecule has 0 aromatic heterocycles. The second kappa shape index (κ2) is 10.1. The molecule has 0 radical (unpaired) electrons. The van der Waals surface area contributed by atoms with Gasteiger partial charge in [0.05, 0.1) is 17.9 Å². The molecular formula is C24H27F3N2O3. The Labute approximate surface area is 185 Å². The lowest BCUT2D eigenvalue weighted by atomic mass is 9.95. The minimum Gasteiger partial charge on any atom is -0.491 e. The van der Waals surface area contributed by atoms with Crippen LogP contribution in [0.2, 0.25) is 0 Å². The second-order valence-corrected chi connectivity index (χ2v) is 8.33. The number of hydrogen-bond donors (Lipinski definition) is 1. The van der Waals surface area contributed by atoms with Crippen LogP contribution < -0.4 is 10.1 Å². The minimum absolute atomic E-state index is 0.132. The van der Waals surface area contributed by atoms with Crippen LogP contribution in [-0.2, 0) is 11.0 Å². The van der Waals surface area contributed by atoms with Crippen LogP contribution in [0, 0.1) is 11.8 Å². The molecule has 0 unspecified atom stereocenters. The topological polar surface area (TPSA) is 58.6 Å². The van der Waals surface area contributed by atoms with Crippen molar-refractivity contribution in [2.24, 2.45) is 11.8 Å². The number of rotatable bonds is 6. The third kappa shape index (κ3) is 6.02. The second-order valence-electron chi connectivity index (χ2n) is 8.33. The molecule has 1 heterocycles. The Hall–Kier alpha value is -3.03. The van der Waals surface area contributed by atoms with Gasteiger partial charge in [-0.3, -0.25) is 9.59 Å². The summed E-state index contributed by atoms with van der Waals surface area (Å²) in [5.74, 6) is 0.247. The molecule has 0 bridgehead atoms. The number of amides is 2. The van der Waals surface area contributed by atoms with E-state index in [4.69, 9.17) is 4.74 Å². The molecule has 1 aliphatic rings. The van der Waals surface area contributed by atoms with Gasteiger partial charge in [0, 0.05) is 24.6 Å². The van der Waals surface area contributed by atoms with Crippen LogP contribution in [0.25, 0.3) is 0 Å². The number of ether oxygens (including phenoxy) is 1. The molecule has 1 aliphatic heterocycles. The average Bonchev–Trinajstić information content (AvgIpc) is 2.77. The van der Waals surface area contributed by atoms with Crippen molar-refractivity contribution < 1.29 is 27.5 Å². The van der Waals surface area contributed by atoms with Crippen molar-refractivity contribution in [2.45, 2.75) is 32.9 Å². The third-order valence-corrected chi connectivity index (χ3v) is 5.33. The van der Waals surface area contributed by atoms with Crippen LogP contribution in [-0.4, -0.2) is 36.4 Å². The first-order chi connectivity index (χ1) is 15.1. The number of carbonyl (C=O) groups excluding carboxylic acids is 2. The molecule has 172 valence electrons. The maximum atomic E-state index is 12.8. The van der Waals surface area contributed by atoms with Gasteiger partial charge >= 0.3 is 6.18 Å². The maximum Gasteiger partial charge on any atom is 0.416 e. The summed E-state index contributed by atoms with van der Waals surface area (Å²) in [5, 5.41) is 2.93. The lowest BCUT2D eigenvalue weighted by molar-refractivity contribution is -0.137. The van der Waals surface area contributed by atoms with Gasteiger partial charge < -0.3 is 15.0 Å². The van der Waals surface area contributed by atoms with Gasteiger partial charge in [-0.25, -0.2) is 0 Å². The fourth-order valence-corrected chi connectivity index (χ4v) is 3.52. The quantitative estimate of drug-likeness (QED) is 0.658. The first kappa shape index (κ1) is 23.6. The molecular weight excluding hydrogens is 421 g/mol. The van der Waals surface area contributed by atoms with E-state index in [2.05, 4.69) is 5.32 Å². The first-order valence-electron chi connectivity index (χ1n) is 10.6. The van der Waals surface area contributed by atoms with Crippen molar-refractivity contribution in [1.29, 1.82) is 0 Å². The number of carbonyl (C=O) groups is 2. The number of halogens is 3. The Morgan fingerprint density at radius 1 is 1.06 bits per heavy atom. The van der Waals surface area contributed by atoms with Crippen LogP contribution in [0.1, 0.15) is 42.6 Å². The maximum absolute atomic E-state index is 12.8. The summed E-state index contributed by atoms with van der Waals surface area (Å²) in [6, 6.07) is 11.5. The Morgan fingerprint density at radius 2 is 1.69 bits per heavy atom. The number of nitrogens with one attached hydrogen (secondary N) is 1. The molecule has 5 nitrogen and oxygen atoms in total. The summed E-state index contributed by atoms with van der Waals surface area (Å²) < 4.78 is 43.9. The summed E-state index contributed by atoms with van der Waals surface area (Å²) in [5.41, 5.74) is 0.0284. The van der Waals surface area contributed by atoms with Crippen LogP contribution >= 0.6 is 0 Å². The average molecular weight is 448 g/mol. The molecule has 0 atom stereocenters. The van der Waals surface area contributed by atoms with Gasteiger partial charge in [-0.2, -0.15) is 13.2 Å². The largest absolute Gasteiger partial charge is 0.491 e. The van der Waals surface area contributed by atoms with E-state index in [1.165, 1.54) is 12.1 Å². The zero-order valence-electron chi connectivity index (χ0n) is 18.1. The molecule has 2 amide bonds. The monoisotopic (exact) mass is 448 g/mol. The number of anilines is 1. The predicted octanol–water partition coefficient (Wildman–Crippen LogP) is 5.23. The highest BCUT2D eigenvalue weighted by molar-refractivity contribution is 5.96. The molecule has 1 fully saturated rings. The Balaban J connectivity index is 1.55. The molecule has 32 heavy (non-hydrogen) atoms. The normalized spacial score (nSPS) is 15.0. The van der Waals surface area contributed by atoms with Crippen LogP contribution in [0.4, 0.5) is 18.9 Å². The molecule has 2 aromatic carbocycles. The molecule has 0 saturated carbocycles. The minimum atomic E-state index is -4.44. The van der Waals surface area contributed by atoms with E-state index in [1.807, 2.05) is 32.0 Å². The number of hydrogen-bond acceptors (Lipinski definition) is 3. The zero-order chi connectivity index (χ0) is 23.3. The summed E-state index contributed by atoms with van der Waals surface area (Å²) >= 11 is 0. The molecule has 1 N–H and O–H groups in total. The number of nitrogens with zero attached hydrogens (tertiary/aromatic N) is 1. The van der Waals surface area contributed by atoms with E-state index in [0.29, 0.717) is 49.9 Å². The summed E-state index contributed by atoms with van der Waals surface area (Å²) in [4.78, 5) is 27.0. The van der Waals surface area contributed by atoms with Gasteiger partial charge in [0.1, 0.15) is 5.75 Å². The molecule has 0 spiro atoms. The Morgan fingerprint density at radius 3 is 2.28 bits per heavy atom. The van der Waals surface area contributed by atoms with E-state index in [9.17, 15) is 22.8 Å². The Bertz CT molecular complexity index is 934. The SMILES string of the molecule is CC(C)COc1ccccc1NC(=O)C1CCN(C(=O)c2ccc(C(F)(F)F)cc2)CC1. The number of likely N-dealkylation sites (tertiary alicyclic amines) is 1. The smallest absolute Gasteiger partial charge is 0.416 e. The fourth-order valence-electron chi connectivity index (χ4n) is 3.52. The molecule has 1 saturated heterocycles. The highest BCUT2D eigenvalue weighted by Crippen LogP contribution is 2.30. The summed E-state index contributed by atoms with van der Waals surface area (Å²) in [7, 11) is 0. The highest BCUT2D eigenvalue weighted by Gasteiger charge is 2.31. The van der Waals surface area contributed by atoms with Crippen molar-refractivity contribution in [3.05, 3.63) is 59.7 Å². The van der Waals surface area contributed by atoms with Gasteiger partial charge in [-0.05, 0) is 55.2 Å². The number of piperidine rings is 1. The Kier molecular flexibility index (Phi) is 7.43. The number of para-hydroxylation sites is 2. The van der Waals surface area contributed by atoms with Crippen LogP contribution in [0.5, 0.6) is 5.75 Å². The van der Waals surface area contributed by atoms with Gasteiger partial charge in [-0.15, -0.1) is 0 Å². The molecule has 8 heteroatoms. The third-order valence-electron chi connectivity index (χ3n) is 5.33. The van der Waals surface area contributed by atoms with Crippen molar-refractivity contribution in [3.63, 3.8) is 0 Å². The van der Waals surface area contributed by atoms with Gasteiger partial charge in [-0.1, -0.05) is 26.0 Å². The molecule has 0 aliphatic carbocycles. The van der Waals surface area contributed by atoms with Crippen molar-refractivity contribution in [2.75, 3.05) is 25.0 Å². The highest BCUT2D eigenvalue weighted by atomic mass is 19.4. The van der Waals surface area contributed by atoms with Crippen LogP contribution in [0.15, 0.2) is 48.5 Å². The molecule has 3 rings (SSSR count). The first-order valence-corrected chi connectivity index (χ1v) is 10.6. The number of alkyl halides is 3. The summed E-state index contributed by atoms with van der Waals surface area (Å²) in [6.45, 7) is 5.35. The van der Waals surface area contributed by atoms with E-state index >= 15 is 0 Å². The van der Waals surface area contributed by atoms with Crippen molar-refractivity contribution in [3.8, 4) is 5.75 Å². The lowest BCUT2D eigenvalue weighted by Gasteiger charge is -2.31. The van der Waals surface area contributed by atoms with Crippen molar-refractivity contribution >= 4 is 17.5 Å². The molecule has 2 aromatic rings. The number of benzene rings is 2. The van der Waals surface area contributed by atoms with Gasteiger partial charge in [0.15, 0.2) is 0 Å². The summed E-state index contributed by atoms with van der Waals surface area (Å²) in [6.07, 6.45) is -3.48. The van der Waals surface area contributed by atoms with E-state index in [0.717, 1.165) is 12.1 Å². The van der Waals surface area contributed by atoms with Crippen LogP contribution in [0.3, 0.4) is 0 Å². The zero-order valence-corrected chi connectivity index (χ0v) is 18.1. The van der Waals surface area contributed by atoms with E-state index < -0.39 is 11.7 Å². The van der Waals surface area contributed by atoms with Gasteiger partial charge in [0.25, 0.3) is 5.91 Å². The predicted molar refractivity (Wildman–Crippen MR) is 115 cm³/mol. The van der Waals surface area contributed by atoms with Crippen molar-refractivity contribution in [1.82, 2.24) is 4.90 Å². The van der Waals surface area contributed by atoms with Gasteiger partial charge in [0.2, 0.25) is 5.91 Å². The fraction of sp³-hybridized carbons (Fsp3) is 0.417. The van der Waals surface area contributed by atoms with E-state index in [-0.39, 0.29) is 23.3 Å². The lowest BCUT2D eigenvalue weighted by Crippen LogP contribution is -2.41. The standard InChI is InChI=1S/C24H27F3N2O3/c1-16(2)15-32-21-6-4-3-5-20(21)28-22(30)17-11-13-29(14-12-17)23(31)18-7-9-19(10-8-18)24(25,26)27/h3-10,16-17H,11-15H2,1-2H3,(H,28,30). The van der Waals surface area contributed by atoms with E-state index in [1.54, 1.807) is 11.0 Å².